The molecule has 0 saturated heterocycles. The van der Waals surface area contributed by atoms with Gasteiger partial charge in [0, 0.05) is 10.9 Å². The Bertz CT molecular complexity index is 778. The highest BCUT2D eigenvalue weighted by Gasteiger charge is 2.38. The second-order valence-electron chi connectivity index (χ2n) is 6.10. The van der Waals surface area contributed by atoms with Crippen LogP contribution in [0, 0.1) is 20.8 Å². The van der Waals surface area contributed by atoms with E-state index in [0.717, 1.165) is 16.7 Å². The van der Waals surface area contributed by atoms with Crippen LogP contribution in [-0.2, 0) is 9.09 Å². The highest BCUT2D eigenvalue weighted by Crippen LogP contribution is 2.50. The fourth-order valence-corrected chi connectivity index (χ4v) is 4.88. The van der Waals surface area contributed by atoms with E-state index in [1.54, 1.807) is 44.2 Å². The Balaban J connectivity index is 2.53. The summed E-state index contributed by atoms with van der Waals surface area (Å²) in [6, 6.07) is 12.0. The average Bonchev–Trinajstić information content (AvgIpc) is 2.59. The summed E-state index contributed by atoms with van der Waals surface area (Å²) in [4.78, 5) is 13.2. The predicted octanol–water partition coefficient (Wildman–Crippen LogP) is 2.73. The lowest BCUT2D eigenvalue weighted by Crippen LogP contribution is -2.24. The largest absolute Gasteiger partial charge is 0.394 e. The van der Waals surface area contributed by atoms with Crippen molar-refractivity contribution >= 4 is 18.2 Å². The van der Waals surface area contributed by atoms with Crippen LogP contribution < -0.4 is 5.30 Å². The lowest BCUT2D eigenvalue weighted by Gasteiger charge is -2.21. The van der Waals surface area contributed by atoms with E-state index in [2.05, 4.69) is 0 Å². The van der Waals surface area contributed by atoms with Crippen molar-refractivity contribution in [1.82, 2.24) is 0 Å². The summed E-state index contributed by atoms with van der Waals surface area (Å²) < 4.78 is 19.0. The second kappa shape index (κ2) is 8.07. The summed E-state index contributed by atoms with van der Waals surface area (Å²) in [7, 11) is -3.93. The van der Waals surface area contributed by atoms with Gasteiger partial charge in [0.05, 0.1) is 13.2 Å². The summed E-state index contributed by atoms with van der Waals surface area (Å²) in [5.41, 5.74) is 2.24. The molecule has 2 N–H and O–H groups in total. The minimum Gasteiger partial charge on any atom is -0.394 e. The van der Waals surface area contributed by atoms with Gasteiger partial charge in [0.2, 0.25) is 0 Å². The minimum absolute atomic E-state index is 0.268. The number of hydrogen-bond donors (Lipinski definition) is 2. The Morgan fingerprint density at radius 2 is 1.68 bits per heavy atom. The molecule has 0 aromatic heterocycles. The Morgan fingerprint density at radius 1 is 1.12 bits per heavy atom. The molecule has 0 radical (unpaired) electrons. The molecule has 0 aliphatic rings. The van der Waals surface area contributed by atoms with Gasteiger partial charge in [0.25, 0.3) is 5.52 Å². The van der Waals surface area contributed by atoms with Gasteiger partial charge in [-0.05, 0) is 44.0 Å². The van der Waals surface area contributed by atoms with E-state index in [1.807, 2.05) is 19.1 Å². The van der Waals surface area contributed by atoms with Gasteiger partial charge in [-0.1, -0.05) is 35.9 Å². The van der Waals surface area contributed by atoms with Crippen LogP contribution in [0.5, 0.6) is 0 Å². The molecule has 2 rings (SSSR count). The van der Waals surface area contributed by atoms with E-state index in [9.17, 15) is 14.5 Å². The van der Waals surface area contributed by atoms with Crippen molar-refractivity contribution in [3.05, 3.63) is 64.7 Å². The van der Waals surface area contributed by atoms with E-state index in [4.69, 9.17) is 9.63 Å². The van der Waals surface area contributed by atoms with Crippen molar-refractivity contribution in [3.63, 3.8) is 0 Å². The average molecular weight is 362 g/mol. The molecule has 0 spiro atoms. The maximum atomic E-state index is 13.6. The smallest absolute Gasteiger partial charge is 0.300 e. The van der Waals surface area contributed by atoms with Crippen LogP contribution in [-0.4, -0.2) is 35.1 Å². The molecule has 134 valence electrons. The molecule has 2 aromatic carbocycles. The SMILES string of the molecule is Cc1cc(C)c(C(=O)P(=O)(OCC(O)CO)c2ccccc2)c(C)c1. The zero-order valence-corrected chi connectivity index (χ0v) is 15.5. The highest BCUT2D eigenvalue weighted by molar-refractivity contribution is 7.83. The van der Waals surface area contributed by atoms with Crippen molar-refractivity contribution in [2.75, 3.05) is 13.2 Å². The Labute approximate surface area is 147 Å². The molecule has 5 nitrogen and oxygen atoms in total. The summed E-state index contributed by atoms with van der Waals surface area (Å²) in [5, 5.41) is 18.8. The predicted molar refractivity (Wildman–Crippen MR) is 97.7 cm³/mol. The van der Waals surface area contributed by atoms with Crippen LogP contribution in [0.1, 0.15) is 27.0 Å². The Morgan fingerprint density at radius 3 is 2.20 bits per heavy atom. The third kappa shape index (κ3) is 4.25. The van der Waals surface area contributed by atoms with Crippen LogP contribution in [0.3, 0.4) is 0 Å². The van der Waals surface area contributed by atoms with Gasteiger partial charge in [-0.2, -0.15) is 0 Å². The first-order valence-corrected chi connectivity index (χ1v) is 9.64. The minimum atomic E-state index is -3.93. The van der Waals surface area contributed by atoms with Gasteiger partial charge in [0.15, 0.2) is 0 Å². The molecule has 0 aliphatic carbocycles. The molecule has 25 heavy (non-hydrogen) atoms. The number of carbonyl (C=O) groups excluding carboxylic acids is 1. The summed E-state index contributed by atoms with van der Waals surface area (Å²) >= 11 is 0. The summed E-state index contributed by atoms with van der Waals surface area (Å²) in [5.74, 6) is 0. The van der Waals surface area contributed by atoms with E-state index in [-0.39, 0.29) is 5.30 Å². The molecule has 2 atom stereocenters. The lowest BCUT2D eigenvalue weighted by atomic mass is 10.0. The standard InChI is InChI=1S/C19H23O5P/c1-13-9-14(2)18(15(3)10-13)19(22)25(23,24-12-16(21)11-20)17-7-5-4-6-8-17/h4-10,16,20-21H,11-12H2,1-3H3. The zero-order chi connectivity index (χ0) is 18.6. The molecular formula is C19H23O5P. The van der Waals surface area contributed by atoms with Crippen molar-refractivity contribution in [3.8, 4) is 0 Å². The highest BCUT2D eigenvalue weighted by atomic mass is 31.2. The fraction of sp³-hybridized carbons (Fsp3) is 0.316. The molecule has 2 unspecified atom stereocenters. The first kappa shape index (κ1) is 19.5. The molecule has 2 aromatic rings. The molecule has 0 amide bonds. The number of aryl methyl sites for hydroxylation is 3. The van der Waals surface area contributed by atoms with E-state index < -0.39 is 32.2 Å². The number of rotatable bonds is 7. The van der Waals surface area contributed by atoms with Crippen molar-refractivity contribution < 1.29 is 24.1 Å². The molecule has 0 aliphatic heterocycles. The van der Waals surface area contributed by atoms with Crippen LogP contribution >= 0.6 is 7.37 Å². The molecule has 0 bridgehead atoms. The van der Waals surface area contributed by atoms with Crippen molar-refractivity contribution in [2.24, 2.45) is 0 Å². The molecule has 0 fully saturated rings. The maximum absolute atomic E-state index is 13.6. The van der Waals surface area contributed by atoms with Gasteiger partial charge in [-0.25, -0.2) is 0 Å². The lowest BCUT2D eigenvalue weighted by molar-refractivity contribution is 0.0544. The van der Waals surface area contributed by atoms with Crippen molar-refractivity contribution in [2.45, 2.75) is 26.9 Å². The van der Waals surface area contributed by atoms with Gasteiger partial charge in [0.1, 0.15) is 6.10 Å². The first-order chi connectivity index (χ1) is 11.8. The quantitative estimate of drug-likeness (QED) is 0.740. The van der Waals surface area contributed by atoms with Gasteiger partial charge in [-0.15, -0.1) is 0 Å². The third-order valence-corrected chi connectivity index (χ3v) is 6.16. The van der Waals surface area contributed by atoms with E-state index >= 15 is 0 Å². The zero-order valence-electron chi connectivity index (χ0n) is 14.6. The van der Waals surface area contributed by atoms with E-state index in [0.29, 0.717) is 5.56 Å². The monoisotopic (exact) mass is 362 g/mol. The normalized spacial score (nSPS) is 14.8. The number of aliphatic hydroxyl groups excluding tert-OH is 2. The molecular weight excluding hydrogens is 339 g/mol. The van der Waals surface area contributed by atoms with Crippen molar-refractivity contribution in [1.29, 1.82) is 0 Å². The third-order valence-electron chi connectivity index (χ3n) is 3.91. The fourth-order valence-electron chi connectivity index (χ4n) is 2.78. The number of benzene rings is 2. The molecule has 0 heterocycles. The Kier molecular flexibility index (Phi) is 6.31. The number of hydrogen-bond acceptors (Lipinski definition) is 5. The summed E-state index contributed by atoms with van der Waals surface area (Å²) in [6.07, 6.45) is -1.20. The van der Waals surface area contributed by atoms with Gasteiger partial charge in [-0.3, -0.25) is 9.36 Å². The molecule has 6 heteroatoms. The second-order valence-corrected chi connectivity index (χ2v) is 8.38. The van der Waals surface area contributed by atoms with Crippen LogP contribution in [0.4, 0.5) is 0 Å². The number of carbonyl (C=O) groups is 1. The molecule has 0 saturated carbocycles. The van der Waals surface area contributed by atoms with Gasteiger partial charge < -0.3 is 14.7 Å². The van der Waals surface area contributed by atoms with Crippen LogP contribution in [0.2, 0.25) is 0 Å². The van der Waals surface area contributed by atoms with Gasteiger partial charge >= 0.3 is 7.37 Å². The Hall–Kier alpha value is -1.78. The first-order valence-electron chi connectivity index (χ1n) is 8.01. The maximum Gasteiger partial charge on any atom is 0.300 e. The van der Waals surface area contributed by atoms with Crippen LogP contribution in [0.25, 0.3) is 0 Å². The topological polar surface area (TPSA) is 83.8 Å². The number of aliphatic hydroxyl groups is 2. The summed E-state index contributed by atoms with van der Waals surface area (Å²) in [6.45, 7) is 4.60. The van der Waals surface area contributed by atoms with Crippen LogP contribution in [0.15, 0.2) is 42.5 Å². The van der Waals surface area contributed by atoms with E-state index in [1.165, 1.54) is 0 Å².